The number of aliphatic hydroxyl groups is 1. The first kappa shape index (κ1) is 10.2. The van der Waals surface area contributed by atoms with Crippen LogP contribution in [0.15, 0.2) is 29.2 Å². The van der Waals surface area contributed by atoms with E-state index in [0.29, 0.717) is 22.8 Å². The van der Waals surface area contributed by atoms with Gasteiger partial charge in [-0.15, -0.1) is 0 Å². The van der Waals surface area contributed by atoms with Gasteiger partial charge in [0.2, 0.25) is 0 Å². The minimum Gasteiger partial charge on any atom is -0.398 e. The van der Waals surface area contributed by atoms with E-state index in [2.05, 4.69) is 0 Å². The van der Waals surface area contributed by atoms with E-state index in [9.17, 15) is 4.21 Å². The molecule has 1 unspecified atom stereocenters. The Morgan fingerprint density at radius 2 is 2.08 bits per heavy atom. The zero-order valence-corrected chi connectivity index (χ0v) is 8.09. The Balaban J connectivity index is 2.71. The lowest BCUT2D eigenvalue weighted by atomic mass is 10.3. The topological polar surface area (TPSA) is 63.3 Å². The van der Waals surface area contributed by atoms with Crippen molar-refractivity contribution >= 4 is 16.5 Å². The van der Waals surface area contributed by atoms with Crippen molar-refractivity contribution in [3.8, 4) is 0 Å². The lowest BCUT2D eigenvalue weighted by Gasteiger charge is -2.03. The van der Waals surface area contributed by atoms with Crippen molar-refractivity contribution in [2.24, 2.45) is 0 Å². The molecule has 1 aromatic carbocycles. The highest BCUT2D eigenvalue weighted by molar-refractivity contribution is 7.85. The molecule has 3 N–H and O–H groups in total. The molecule has 0 aromatic heterocycles. The summed E-state index contributed by atoms with van der Waals surface area (Å²) in [5.74, 6) is 0.463. The molecule has 0 spiro atoms. The molecule has 0 bridgehead atoms. The van der Waals surface area contributed by atoms with Crippen molar-refractivity contribution in [2.45, 2.75) is 11.3 Å². The molecule has 3 nitrogen and oxygen atoms in total. The SMILES string of the molecule is Nc1ccccc1S(=O)CCCO. The first-order valence-electron chi connectivity index (χ1n) is 4.09. The highest BCUT2D eigenvalue weighted by atomic mass is 32.2. The van der Waals surface area contributed by atoms with E-state index >= 15 is 0 Å². The van der Waals surface area contributed by atoms with E-state index < -0.39 is 10.8 Å². The molecule has 13 heavy (non-hydrogen) atoms. The number of nitrogens with two attached hydrogens (primary N) is 1. The number of rotatable bonds is 4. The Morgan fingerprint density at radius 1 is 1.38 bits per heavy atom. The third-order valence-corrected chi connectivity index (χ3v) is 3.17. The predicted octanol–water partition coefficient (Wildman–Crippen LogP) is 0.759. The van der Waals surface area contributed by atoms with Crippen LogP contribution in [0, 0.1) is 0 Å². The molecule has 1 rings (SSSR count). The average molecular weight is 199 g/mol. The van der Waals surface area contributed by atoms with Crippen molar-refractivity contribution in [1.29, 1.82) is 0 Å². The molecular weight excluding hydrogens is 186 g/mol. The molecule has 1 atom stereocenters. The summed E-state index contributed by atoms with van der Waals surface area (Å²) in [7, 11) is -1.08. The van der Waals surface area contributed by atoms with Gasteiger partial charge in [0.05, 0.1) is 15.7 Å². The first-order valence-corrected chi connectivity index (χ1v) is 5.41. The van der Waals surface area contributed by atoms with Crippen LogP contribution in [0.4, 0.5) is 5.69 Å². The van der Waals surface area contributed by atoms with Gasteiger partial charge in [0.25, 0.3) is 0 Å². The molecular formula is C9H13NO2S. The highest BCUT2D eigenvalue weighted by Gasteiger charge is 2.05. The summed E-state index contributed by atoms with van der Waals surface area (Å²) < 4.78 is 11.5. The second-order valence-electron chi connectivity index (χ2n) is 2.66. The lowest BCUT2D eigenvalue weighted by molar-refractivity contribution is 0.296. The van der Waals surface area contributed by atoms with Gasteiger partial charge in [0.1, 0.15) is 0 Å². The van der Waals surface area contributed by atoms with Crippen LogP contribution in [0.2, 0.25) is 0 Å². The Kier molecular flexibility index (Phi) is 3.92. The first-order chi connectivity index (χ1) is 6.25. The van der Waals surface area contributed by atoms with Gasteiger partial charge < -0.3 is 10.8 Å². The average Bonchev–Trinajstić information content (AvgIpc) is 2.15. The summed E-state index contributed by atoms with van der Waals surface area (Å²) in [4.78, 5) is 0.663. The Hall–Kier alpha value is -0.870. The van der Waals surface area contributed by atoms with E-state index in [0.717, 1.165) is 0 Å². The molecule has 0 radical (unpaired) electrons. The van der Waals surface area contributed by atoms with Crippen LogP contribution < -0.4 is 5.73 Å². The fraction of sp³-hybridized carbons (Fsp3) is 0.333. The number of hydrogen-bond donors (Lipinski definition) is 2. The van der Waals surface area contributed by atoms with E-state index in [-0.39, 0.29) is 6.61 Å². The van der Waals surface area contributed by atoms with Crippen LogP contribution in [0.3, 0.4) is 0 Å². The van der Waals surface area contributed by atoms with Crippen LogP contribution in [0.1, 0.15) is 6.42 Å². The Bertz CT molecular complexity index is 301. The standard InChI is InChI=1S/C9H13NO2S/c10-8-4-1-2-5-9(8)13(12)7-3-6-11/h1-2,4-5,11H,3,6-7,10H2. The summed E-state index contributed by atoms with van der Waals surface area (Å²) in [6.45, 7) is 0.0679. The molecule has 0 aliphatic rings. The molecule has 0 aliphatic carbocycles. The van der Waals surface area contributed by atoms with Crippen LogP contribution in [-0.4, -0.2) is 21.7 Å². The zero-order valence-electron chi connectivity index (χ0n) is 7.27. The molecule has 0 amide bonds. The van der Waals surface area contributed by atoms with Gasteiger partial charge in [0.15, 0.2) is 0 Å². The smallest absolute Gasteiger partial charge is 0.0617 e. The van der Waals surface area contributed by atoms with Gasteiger partial charge in [-0.05, 0) is 18.6 Å². The van der Waals surface area contributed by atoms with Gasteiger partial charge in [-0.25, -0.2) is 0 Å². The monoisotopic (exact) mass is 199 g/mol. The Morgan fingerprint density at radius 3 is 2.69 bits per heavy atom. The van der Waals surface area contributed by atoms with Gasteiger partial charge in [-0.3, -0.25) is 4.21 Å². The third kappa shape index (κ3) is 2.82. The molecule has 0 saturated heterocycles. The summed E-state index contributed by atoms with van der Waals surface area (Å²) >= 11 is 0. The molecule has 4 heteroatoms. The third-order valence-electron chi connectivity index (χ3n) is 1.65. The van der Waals surface area contributed by atoms with Crippen LogP contribution in [0.25, 0.3) is 0 Å². The van der Waals surface area contributed by atoms with Gasteiger partial charge in [-0.2, -0.15) is 0 Å². The summed E-state index contributed by atoms with van der Waals surface area (Å²) in [5.41, 5.74) is 6.19. The van der Waals surface area contributed by atoms with E-state index in [1.165, 1.54) is 0 Å². The van der Waals surface area contributed by atoms with Crippen LogP contribution in [0.5, 0.6) is 0 Å². The van der Waals surface area contributed by atoms with Crippen molar-refractivity contribution in [3.05, 3.63) is 24.3 Å². The van der Waals surface area contributed by atoms with Gasteiger partial charge in [-0.1, -0.05) is 12.1 Å². The van der Waals surface area contributed by atoms with Crippen molar-refractivity contribution in [3.63, 3.8) is 0 Å². The molecule has 0 saturated carbocycles. The second kappa shape index (κ2) is 4.99. The minimum atomic E-state index is -1.08. The number of benzene rings is 1. The molecule has 0 aliphatic heterocycles. The molecule has 72 valence electrons. The number of anilines is 1. The Labute approximate surface area is 80.0 Å². The van der Waals surface area contributed by atoms with Crippen molar-refractivity contribution < 1.29 is 9.32 Å². The number of nitrogen functional groups attached to an aromatic ring is 1. The van der Waals surface area contributed by atoms with E-state index in [1.54, 1.807) is 12.1 Å². The number of para-hydroxylation sites is 1. The molecule has 0 fully saturated rings. The van der Waals surface area contributed by atoms with Gasteiger partial charge >= 0.3 is 0 Å². The second-order valence-corrected chi connectivity index (χ2v) is 4.20. The fourth-order valence-electron chi connectivity index (χ4n) is 0.993. The largest absolute Gasteiger partial charge is 0.398 e. The number of aliphatic hydroxyl groups excluding tert-OH is 1. The maximum absolute atomic E-state index is 11.5. The summed E-state index contributed by atoms with van der Waals surface area (Å²) in [6.07, 6.45) is 0.543. The van der Waals surface area contributed by atoms with Crippen LogP contribution >= 0.6 is 0 Å². The molecule has 0 heterocycles. The predicted molar refractivity (Wildman–Crippen MR) is 53.8 cm³/mol. The normalized spacial score (nSPS) is 12.7. The van der Waals surface area contributed by atoms with Crippen molar-refractivity contribution in [1.82, 2.24) is 0 Å². The minimum absolute atomic E-state index is 0.0679. The zero-order chi connectivity index (χ0) is 9.68. The quantitative estimate of drug-likeness (QED) is 0.704. The van der Waals surface area contributed by atoms with Crippen LogP contribution in [-0.2, 0) is 10.8 Å². The fourth-order valence-corrected chi connectivity index (χ4v) is 2.17. The lowest BCUT2D eigenvalue weighted by Crippen LogP contribution is -2.03. The van der Waals surface area contributed by atoms with Crippen molar-refractivity contribution in [2.75, 3.05) is 18.1 Å². The maximum atomic E-state index is 11.5. The van der Waals surface area contributed by atoms with Gasteiger partial charge in [0, 0.05) is 18.0 Å². The highest BCUT2D eigenvalue weighted by Crippen LogP contribution is 2.15. The summed E-state index contributed by atoms with van der Waals surface area (Å²) in [5, 5.41) is 8.57. The maximum Gasteiger partial charge on any atom is 0.0617 e. The van der Waals surface area contributed by atoms with E-state index in [1.807, 2.05) is 12.1 Å². The number of hydrogen-bond acceptors (Lipinski definition) is 3. The summed E-state index contributed by atoms with van der Waals surface area (Å²) in [6, 6.07) is 7.10. The van der Waals surface area contributed by atoms with E-state index in [4.69, 9.17) is 10.8 Å². The molecule has 1 aromatic rings.